The van der Waals surface area contributed by atoms with Crippen molar-refractivity contribution in [2.45, 2.75) is 57.7 Å². The highest BCUT2D eigenvalue weighted by Crippen LogP contribution is 2.49. The Labute approximate surface area is 195 Å². The second-order valence-electron chi connectivity index (χ2n) is 8.94. The van der Waals surface area contributed by atoms with E-state index in [0.29, 0.717) is 11.7 Å². The number of hydrogen-bond donors (Lipinski definition) is 2. The third-order valence-corrected chi connectivity index (χ3v) is 7.92. The summed E-state index contributed by atoms with van der Waals surface area (Å²) in [5, 5.41) is 15.3. The van der Waals surface area contributed by atoms with Crippen molar-refractivity contribution < 1.29 is 14.7 Å². The van der Waals surface area contributed by atoms with E-state index in [1.165, 1.54) is 11.3 Å². The van der Waals surface area contributed by atoms with Crippen molar-refractivity contribution in [3.8, 4) is 0 Å². The van der Waals surface area contributed by atoms with Crippen LogP contribution >= 0.6 is 11.3 Å². The van der Waals surface area contributed by atoms with Crippen molar-refractivity contribution in [1.29, 1.82) is 0 Å². The van der Waals surface area contributed by atoms with Crippen molar-refractivity contribution in [2.24, 2.45) is 11.8 Å². The van der Waals surface area contributed by atoms with Crippen molar-refractivity contribution in [3.05, 3.63) is 51.4 Å². The zero-order valence-corrected chi connectivity index (χ0v) is 19.4. The van der Waals surface area contributed by atoms with Crippen molar-refractivity contribution in [3.63, 3.8) is 0 Å². The molecule has 0 aromatic carbocycles. The summed E-state index contributed by atoms with van der Waals surface area (Å²) in [4.78, 5) is 45.5. The average molecular weight is 469 g/mol. The molecule has 0 radical (unpaired) electrons. The van der Waals surface area contributed by atoms with E-state index >= 15 is 0 Å². The molecule has 4 atom stereocenters. The summed E-state index contributed by atoms with van der Waals surface area (Å²) in [6.45, 7) is 1.91. The van der Waals surface area contributed by atoms with Crippen LogP contribution in [0.2, 0.25) is 0 Å². The number of nitrogens with zero attached hydrogens (tertiary/aromatic N) is 3. The fourth-order valence-corrected chi connectivity index (χ4v) is 6.27. The number of carbonyl (C=O) groups is 2. The molecule has 9 heteroatoms. The van der Waals surface area contributed by atoms with Crippen LogP contribution in [0.15, 0.2) is 34.6 Å². The first kappa shape index (κ1) is 22.0. The number of allylic oxidation sites excluding steroid dienone is 2. The van der Waals surface area contributed by atoms with E-state index in [9.17, 15) is 19.5 Å². The summed E-state index contributed by atoms with van der Waals surface area (Å²) < 4.78 is 1.76. The third kappa shape index (κ3) is 3.63. The molecule has 2 aromatic heterocycles. The van der Waals surface area contributed by atoms with Crippen molar-refractivity contribution >= 4 is 33.9 Å². The van der Waals surface area contributed by atoms with Gasteiger partial charge >= 0.3 is 0 Å². The molecule has 2 amide bonds. The molecule has 0 unspecified atom stereocenters. The summed E-state index contributed by atoms with van der Waals surface area (Å²) in [6.07, 6.45) is 8.12. The SMILES string of the molecule is CCC(=O)N1[C@H](C(=O)Nc2nccs2)[C@@H](CO)[C@@H]2Cn3c(ccc(C4=CCCCC4)c3=O)[C@@H]21. The molecule has 0 bridgehead atoms. The first-order chi connectivity index (χ1) is 16.0. The fraction of sp³-hybridized carbons (Fsp3) is 0.500. The van der Waals surface area contributed by atoms with Gasteiger partial charge in [0.15, 0.2) is 5.13 Å². The van der Waals surface area contributed by atoms with E-state index in [-0.39, 0.29) is 36.3 Å². The summed E-state index contributed by atoms with van der Waals surface area (Å²) in [5.41, 5.74) is 2.53. The van der Waals surface area contributed by atoms with Gasteiger partial charge in [0.2, 0.25) is 11.8 Å². The number of thiazole rings is 1. The second kappa shape index (κ2) is 8.87. The maximum atomic E-state index is 13.4. The Hall–Kier alpha value is -2.78. The lowest BCUT2D eigenvalue weighted by atomic mass is 9.88. The fourth-order valence-electron chi connectivity index (χ4n) is 5.74. The number of anilines is 1. The summed E-state index contributed by atoms with van der Waals surface area (Å²) in [5.74, 6) is -1.19. The summed E-state index contributed by atoms with van der Waals surface area (Å²) in [7, 11) is 0. The van der Waals surface area contributed by atoms with Gasteiger partial charge in [-0.25, -0.2) is 4.98 Å². The Kier molecular flexibility index (Phi) is 5.92. The number of rotatable bonds is 5. The average Bonchev–Trinajstić information content (AvgIpc) is 3.54. The van der Waals surface area contributed by atoms with E-state index < -0.39 is 18.0 Å². The van der Waals surface area contributed by atoms with E-state index in [0.717, 1.165) is 42.5 Å². The highest BCUT2D eigenvalue weighted by molar-refractivity contribution is 7.13. The molecule has 4 heterocycles. The zero-order chi connectivity index (χ0) is 23.1. The van der Waals surface area contributed by atoms with Crippen LogP contribution in [-0.2, 0) is 16.1 Å². The highest BCUT2D eigenvalue weighted by Gasteiger charge is 2.57. The van der Waals surface area contributed by atoms with Gasteiger partial charge in [0, 0.05) is 54.2 Å². The van der Waals surface area contributed by atoms with Crippen molar-refractivity contribution in [2.75, 3.05) is 11.9 Å². The number of likely N-dealkylation sites (tertiary alicyclic amines) is 1. The number of aromatic nitrogens is 2. The molecule has 0 spiro atoms. The predicted molar refractivity (Wildman–Crippen MR) is 126 cm³/mol. The Morgan fingerprint density at radius 2 is 2.15 bits per heavy atom. The number of aliphatic hydroxyl groups excluding tert-OH is 1. The standard InChI is InChI=1S/C24H28N4O4S/c1-2-19(30)28-20-16(17(13-29)21(28)22(31)26-24-25-10-11-33-24)12-27-18(20)9-8-15(23(27)32)14-6-4-3-5-7-14/h6,8-11,16-17,20-21,29H,2-5,7,12-13H2,1H3,(H,25,26,31)/t16-,17-,20+,21-/m0/s1. The normalized spacial score (nSPS) is 26.0. The molecule has 3 aliphatic rings. The lowest BCUT2D eigenvalue weighted by molar-refractivity contribution is -0.139. The topological polar surface area (TPSA) is 105 Å². The lowest BCUT2D eigenvalue weighted by Gasteiger charge is -2.30. The van der Waals surface area contributed by atoms with Gasteiger partial charge in [-0.1, -0.05) is 13.0 Å². The predicted octanol–water partition coefficient (Wildman–Crippen LogP) is 2.80. The number of fused-ring (bicyclic) bond motifs is 3. The van der Waals surface area contributed by atoms with E-state index in [2.05, 4.69) is 16.4 Å². The molecule has 8 nitrogen and oxygen atoms in total. The zero-order valence-electron chi connectivity index (χ0n) is 18.6. The molecule has 2 N–H and O–H groups in total. The van der Waals surface area contributed by atoms with Crippen LogP contribution in [0, 0.1) is 11.8 Å². The Morgan fingerprint density at radius 3 is 2.82 bits per heavy atom. The highest BCUT2D eigenvalue weighted by atomic mass is 32.1. The van der Waals surface area contributed by atoms with Gasteiger partial charge in [-0.15, -0.1) is 11.3 Å². The van der Waals surface area contributed by atoms with Gasteiger partial charge in [0.1, 0.15) is 6.04 Å². The van der Waals surface area contributed by atoms with Gasteiger partial charge in [-0.3, -0.25) is 14.4 Å². The molecule has 2 aliphatic heterocycles. The molecular formula is C24H28N4O4S. The van der Waals surface area contributed by atoms with Crippen molar-refractivity contribution in [1.82, 2.24) is 14.5 Å². The molecule has 0 saturated carbocycles. The van der Waals surface area contributed by atoms with Gasteiger partial charge in [0.05, 0.1) is 6.04 Å². The van der Waals surface area contributed by atoms with Crippen LogP contribution in [0.4, 0.5) is 5.13 Å². The van der Waals surface area contributed by atoms with Crippen LogP contribution < -0.4 is 10.9 Å². The first-order valence-corrected chi connectivity index (χ1v) is 12.5. The number of aliphatic hydroxyl groups is 1. The maximum Gasteiger partial charge on any atom is 0.258 e. The first-order valence-electron chi connectivity index (χ1n) is 11.6. The van der Waals surface area contributed by atoms with Gasteiger partial charge in [-0.05, 0) is 43.4 Å². The molecule has 33 heavy (non-hydrogen) atoms. The number of amides is 2. The molecule has 174 valence electrons. The molecule has 1 fully saturated rings. The summed E-state index contributed by atoms with van der Waals surface area (Å²) >= 11 is 1.30. The molecular weight excluding hydrogens is 440 g/mol. The molecule has 5 rings (SSSR count). The van der Waals surface area contributed by atoms with Crippen LogP contribution in [0.5, 0.6) is 0 Å². The minimum Gasteiger partial charge on any atom is -0.396 e. The second-order valence-corrected chi connectivity index (χ2v) is 9.84. The van der Waals surface area contributed by atoms with Crippen LogP contribution in [0.25, 0.3) is 5.57 Å². The van der Waals surface area contributed by atoms with Crippen LogP contribution in [0.1, 0.15) is 56.3 Å². The van der Waals surface area contributed by atoms with E-state index in [1.807, 2.05) is 12.1 Å². The quantitative estimate of drug-likeness (QED) is 0.702. The molecule has 2 aromatic rings. The minimum atomic E-state index is -0.814. The van der Waals surface area contributed by atoms with Crippen LogP contribution in [-0.4, -0.2) is 44.0 Å². The van der Waals surface area contributed by atoms with E-state index in [4.69, 9.17) is 0 Å². The Morgan fingerprint density at radius 1 is 1.30 bits per heavy atom. The smallest absolute Gasteiger partial charge is 0.258 e. The van der Waals surface area contributed by atoms with Gasteiger partial charge in [-0.2, -0.15) is 0 Å². The third-order valence-electron chi connectivity index (χ3n) is 7.23. The lowest BCUT2D eigenvalue weighted by Crippen LogP contribution is -2.48. The van der Waals surface area contributed by atoms with Crippen LogP contribution in [0.3, 0.4) is 0 Å². The van der Waals surface area contributed by atoms with E-state index in [1.54, 1.807) is 28.0 Å². The maximum absolute atomic E-state index is 13.4. The number of hydrogen-bond acceptors (Lipinski definition) is 6. The summed E-state index contributed by atoms with van der Waals surface area (Å²) in [6, 6.07) is 2.58. The monoisotopic (exact) mass is 468 g/mol. The number of nitrogens with one attached hydrogen (secondary N) is 1. The minimum absolute atomic E-state index is 0.0422. The van der Waals surface area contributed by atoms with Gasteiger partial charge in [0.25, 0.3) is 5.56 Å². The Balaban J connectivity index is 1.54. The largest absolute Gasteiger partial charge is 0.396 e. The van der Waals surface area contributed by atoms with Gasteiger partial charge < -0.3 is 19.9 Å². The Bertz CT molecular complexity index is 1160. The number of pyridine rings is 1. The molecule has 1 aliphatic carbocycles. The molecule has 1 saturated heterocycles. The number of carbonyl (C=O) groups excluding carboxylic acids is 2.